The van der Waals surface area contributed by atoms with Crippen LogP contribution in [0.25, 0.3) is 0 Å². The van der Waals surface area contributed by atoms with Gasteiger partial charge in [0.15, 0.2) is 0 Å². The van der Waals surface area contributed by atoms with Crippen molar-refractivity contribution < 1.29 is 5.11 Å². The minimum atomic E-state index is 0.377. The van der Waals surface area contributed by atoms with Gasteiger partial charge in [-0.1, -0.05) is 31.4 Å². The molecule has 20 heavy (non-hydrogen) atoms. The second kappa shape index (κ2) is 6.25. The molecule has 1 heterocycles. The van der Waals surface area contributed by atoms with E-state index >= 15 is 0 Å². The van der Waals surface area contributed by atoms with Gasteiger partial charge in [-0.2, -0.15) is 0 Å². The van der Waals surface area contributed by atoms with Crippen molar-refractivity contribution in [3.05, 3.63) is 11.4 Å². The van der Waals surface area contributed by atoms with Crippen LogP contribution in [0.1, 0.15) is 56.8 Å². The topological polar surface area (TPSA) is 50.9 Å². The molecule has 0 amide bonds. The highest BCUT2D eigenvalue weighted by Crippen LogP contribution is 2.52. The molecule has 3 rings (SSSR count). The van der Waals surface area contributed by atoms with Gasteiger partial charge in [-0.15, -0.1) is 5.10 Å². The lowest BCUT2D eigenvalue weighted by Gasteiger charge is -2.10. The molecule has 112 valence electrons. The van der Waals surface area contributed by atoms with E-state index in [0.29, 0.717) is 12.5 Å². The molecule has 0 saturated heterocycles. The van der Waals surface area contributed by atoms with Crippen LogP contribution >= 0.6 is 0 Å². The third-order valence-corrected chi connectivity index (χ3v) is 5.29. The molecular formula is C16H27N3O. The number of hydrogen-bond donors (Lipinski definition) is 1. The van der Waals surface area contributed by atoms with E-state index in [1.54, 1.807) is 0 Å². The summed E-state index contributed by atoms with van der Waals surface area (Å²) in [5.41, 5.74) is 2.60. The fraction of sp³-hybridized carbons (Fsp3) is 0.875. The summed E-state index contributed by atoms with van der Waals surface area (Å²) in [4.78, 5) is 0. The van der Waals surface area contributed by atoms with Gasteiger partial charge in [0.05, 0.1) is 11.4 Å². The van der Waals surface area contributed by atoms with Gasteiger partial charge >= 0.3 is 0 Å². The number of aryl methyl sites for hydroxylation is 2. The van der Waals surface area contributed by atoms with Crippen LogP contribution in [0.4, 0.5) is 0 Å². The second-order valence-corrected chi connectivity index (χ2v) is 6.52. The summed E-state index contributed by atoms with van der Waals surface area (Å²) in [6.45, 7) is 3.65. The van der Waals surface area contributed by atoms with Crippen molar-refractivity contribution in [2.75, 3.05) is 6.61 Å². The number of fused-ring (bicyclic) bond motifs is 2. The van der Waals surface area contributed by atoms with Crippen molar-refractivity contribution in [3.63, 3.8) is 0 Å². The van der Waals surface area contributed by atoms with Crippen LogP contribution in [0.3, 0.4) is 0 Å². The third-order valence-electron chi connectivity index (χ3n) is 5.29. The normalized spacial score (nSPS) is 28.4. The molecule has 0 aromatic carbocycles. The third kappa shape index (κ3) is 2.76. The molecule has 1 saturated carbocycles. The summed E-state index contributed by atoms with van der Waals surface area (Å²) >= 11 is 0. The van der Waals surface area contributed by atoms with Gasteiger partial charge in [0.2, 0.25) is 0 Å². The first kappa shape index (κ1) is 14.1. The highest BCUT2D eigenvalue weighted by molar-refractivity contribution is 5.15. The molecule has 0 spiro atoms. The standard InChI is InChI=1S/C16H27N3O/c1-2-3-4-5-10-19-16-9-7-13-12(14(13)11-20)6-8-15(16)17-18-19/h12-14,20H,2-11H2,1H3/t12-,13+,14?/m1/s1. The molecule has 4 nitrogen and oxygen atoms in total. The lowest BCUT2D eigenvalue weighted by molar-refractivity contribution is 0.262. The van der Waals surface area contributed by atoms with Gasteiger partial charge in [-0.3, -0.25) is 0 Å². The van der Waals surface area contributed by atoms with Gasteiger partial charge in [0.25, 0.3) is 0 Å². The van der Waals surface area contributed by atoms with Gasteiger partial charge in [-0.05, 0) is 49.9 Å². The summed E-state index contributed by atoms with van der Waals surface area (Å²) < 4.78 is 2.15. The molecule has 1 aromatic rings. The van der Waals surface area contributed by atoms with Crippen molar-refractivity contribution in [1.82, 2.24) is 15.0 Å². The van der Waals surface area contributed by atoms with E-state index in [4.69, 9.17) is 0 Å². The summed E-state index contributed by atoms with van der Waals surface area (Å²) in [5.74, 6) is 2.09. The van der Waals surface area contributed by atoms with Crippen molar-refractivity contribution in [2.45, 2.75) is 64.8 Å². The molecule has 0 aliphatic heterocycles. The van der Waals surface area contributed by atoms with E-state index in [1.165, 1.54) is 49.9 Å². The number of aromatic nitrogens is 3. The molecule has 3 atom stereocenters. The Kier molecular flexibility index (Phi) is 4.39. The Balaban J connectivity index is 1.60. The molecule has 1 fully saturated rings. The Hall–Kier alpha value is -0.900. The largest absolute Gasteiger partial charge is 0.396 e. The molecule has 0 radical (unpaired) electrons. The summed E-state index contributed by atoms with van der Waals surface area (Å²) in [7, 11) is 0. The number of nitrogens with zero attached hydrogens (tertiary/aromatic N) is 3. The van der Waals surface area contributed by atoms with Gasteiger partial charge in [0, 0.05) is 13.2 Å². The van der Waals surface area contributed by atoms with E-state index in [-0.39, 0.29) is 0 Å². The Morgan fingerprint density at radius 1 is 1.15 bits per heavy atom. The molecule has 4 heteroatoms. The Labute approximate surface area is 121 Å². The predicted molar refractivity (Wildman–Crippen MR) is 78.4 cm³/mol. The van der Waals surface area contributed by atoms with Crippen LogP contribution in [-0.2, 0) is 19.4 Å². The van der Waals surface area contributed by atoms with Crippen LogP contribution in [0.2, 0.25) is 0 Å². The van der Waals surface area contributed by atoms with Crippen molar-refractivity contribution >= 4 is 0 Å². The highest BCUT2D eigenvalue weighted by atomic mass is 16.3. The lowest BCUT2D eigenvalue weighted by atomic mass is 10.0. The van der Waals surface area contributed by atoms with Gasteiger partial charge in [0.1, 0.15) is 0 Å². The van der Waals surface area contributed by atoms with Gasteiger partial charge < -0.3 is 5.11 Å². The average Bonchev–Trinajstić information content (AvgIpc) is 2.97. The van der Waals surface area contributed by atoms with Crippen LogP contribution in [-0.4, -0.2) is 26.7 Å². The minimum absolute atomic E-state index is 0.377. The average molecular weight is 277 g/mol. The molecule has 2 aliphatic carbocycles. The number of rotatable bonds is 6. The quantitative estimate of drug-likeness (QED) is 0.813. The van der Waals surface area contributed by atoms with Crippen molar-refractivity contribution in [3.8, 4) is 0 Å². The number of hydrogen-bond acceptors (Lipinski definition) is 3. The number of unbranched alkanes of at least 4 members (excludes halogenated alkanes) is 3. The SMILES string of the molecule is CCCCCCn1nnc2c1CC[C@@H]1C(CO)[C@@H]1CC2. The minimum Gasteiger partial charge on any atom is -0.396 e. The zero-order valence-electron chi connectivity index (χ0n) is 12.6. The summed E-state index contributed by atoms with van der Waals surface area (Å²) in [6, 6.07) is 0. The van der Waals surface area contributed by atoms with E-state index < -0.39 is 0 Å². The van der Waals surface area contributed by atoms with Crippen LogP contribution in [0, 0.1) is 17.8 Å². The predicted octanol–water partition coefficient (Wildman–Crippen LogP) is 2.59. The van der Waals surface area contributed by atoms with Crippen molar-refractivity contribution in [2.24, 2.45) is 17.8 Å². The van der Waals surface area contributed by atoms with E-state index in [0.717, 1.165) is 31.2 Å². The fourth-order valence-corrected chi connectivity index (χ4v) is 3.96. The van der Waals surface area contributed by atoms with Crippen LogP contribution < -0.4 is 0 Å². The van der Waals surface area contributed by atoms with E-state index in [9.17, 15) is 5.11 Å². The van der Waals surface area contributed by atoms with E-state index in [2.05, 4.69) is 21.9 Å². The molecule has 2 aliphatic rings. The smallest absolute Gasteiger partial charge is 0.0859 e. The Morgan fingerprint density at radius 3 is 2.70 bits per heavy atom. The van der Waals surface area contributed by atoms with Crippen LogP contribution in [0.5, 0.6) is 0 Å². The maximum absolute atomic E-state index is 9.38. The van der Waals surface area contributed by atoms with E-state index in [1.807, 2.05) is 0 Å². The van der Waals surface area contributed by atoms with Crippen LogP contribution in [0.15, 0.2) is 0 Å². The monoisotopic (exact) mass is 277 g/mol. The first-order valence-corrected chi connectivity index (χ1v) is 8.37. The molecule has 0 bridgehead atoms. The Bertz CT molecular complexity index is 443. The fourth-order valence-electron chi connectivity index (χ4n) is 3.96. The first-order chi connectivity index (χ1) is 9.85. The molecule has 1 unspecified atom stereocenters. The maximum Gasteiger partial charge on any atom is 0.0859 e. The Morgan fingerprint density at radius 2 is 1.95 bits per heavy atom. The lowest BCUT2D eigenvalue weighted by Crippen LogP contribution is -2.09. The number of aliphatic hydroxyl groups is 1. The highest BCUT2D eigenvalue weighted by Gasteiger charge is 2.49. The zero-order valence-corrected chi connectivity index (χ0v) is 12.6. The maximum atomic E-state index is 9.38. The summed E-state index contributed by atoms with van der Waals surface area (Å²) in [5, 5.41) is 18.2. The number of aliphatic hydroxyl groups excluding tert-OH is 1. The summed E-state index contributed by atoms with van der Waals surface area (Å²) in [6.07, 6.45) is 9.68. The molecular weight excluding hydrogens is 250 g/mol. The molecule has 1 aromatic heterocycles. The first-order valence-electron chi connectivity index (χ1n) is 8.37. The van der Waals surface area contributed by atoms with Gasteiger partial charge in [-0.25, -0.2) is 4.68 Å². The van der Waals surface area contributed by atoms with Crippen molar-refractivity contribution in [1.29, 1.82) is 0 Å². The second-order valence-electron chi connectivity index (χ2n) is 6.52. The molecule has 1 N–H and O–H groups in total. The zero-order chi connectivity index (χ0) is 13.9.